The number of nitrogens with zero attached hydrogens (tertiary/aromatic N) is 3. The molecule has 6 heteroatoms. The van der Waals surface area contributed by atoms with Crippen LogP contribution in [0.25, 0.3) is 0 Å². The molecule has 0 bridgehead atoms. The summed E-state index contributed by atoms with van der Waals surface area (Å²) >= 11 is 0. The summed E-state index contributed by atoms with van der Waals surface area (Å²) in [5.74, 6) is 0.614. The topological polar surface area (TPSA) is 66.7 Å². The fourth-order valence-electron chi connectivity index (χ4n) is 3.86. The molecule has 4 rings (SSSR count). The lowest BCUT2D eigenvalue weighted by Crippen LogP contribution is -2.32. The molecule has 0 aromatic carbocycles. The number of amides is 2. The number of aromatic nitrogens is 1. The van der Waals surface area contributed by atoms with Crippen molar-refractivity contribution >= 4 is 11.8 Å². The smallest absolute Gasteiger partial charge is 0.292 e. The van der Waals surface area contributed by atoms with Gasteiger partial charge in [0.25, 0.3) is 5.91 Å². The molecule has 3 fully saturated rings. The summed E-state index contributed by atoms with van der Waals surface area (Å²) in [6.07, 6.45) is 5.60. The lowest BCUT2D eigenvalue weighted by Gasteiger charge is -2.18. The van der Waals surface area contributed by atoms with Gasteiger partial charge in [0.1, 0.15) is 0 Å². The number of hydrogen-bond donors (Lipinski definition) is 0. The zero-order valence-electron chi connectivity index (χ0n) is 12.0. The van der Waals surface area contributed by atoms with E-state index >= 15 is 0 Å². The Balaban J connectivity index is 1.41. The molecule has 2 unspecified atom stereocenters. The first-order valence-corrected chi connectivity index (χ1v) is 7.68. The molecular weight excluding hydrogens is 270 g/mol. The number of carbonyl (C=O) groups is 2. The monoisotopic (exact) mass is 289 g/mol. The van der Waals surface area contributed by atoms with Crippen LogP contribution in [0.5, 0.6) is 0 Å². The van der Waals surface area contributed by atoms with Crippen molar-refractivity contribution in [1.82, 2.24) is 15.0 Å². The third-order valence-electron chi connectivity index (χ3n) is 5.23. The van der Waals surface area contributed by atoms with E-state index in [0.717, 1.165) is 38.8 Å². The van der Waals surface area contributed by atoms with E-state index < -0.39 is 0 Å². The highest BCUT2D eigenvalue weighted by atomic mass is 16.5. The summed E-state index contributed by atoms with van der Waals surface area (Å²) in [6.45, 7) is 3.21. The van der Waals surface area contributed by atoms with Crippen molar-refractivity contribution in [3.8, 4) is 0 Å². The van der Waals surface area contributed by atoms with Gasteiger partial charge in [0, 0.05) is 43.6 Å². The fraction of sp³-hybridized carbons (Fsp3) is 0.667. The molecule has 1 spiro atoms. The summed E-state index contributed by atoms with van der Waals surface area (Å²) < 4.78 is 4.94. The molecule has 1 aromatic heterocycles. The van der Waals surface area contributed by atoms with Crippen LogP contribution in [0.3, 0.4) is 0 Å². The highest BCUT2D eigenvalue weighted by molar-refractivity contribution is 5.92. The predicted octanol–water partition coefficient (Wildman–Crippen LogP) is 1.15. The van der Waals surface area contributed by atoms with Crippen LogP contribution in [-0.2, 0) is 4.79 Å². The molecule has 21 heavy (non-hydrogen) atoms. The summed E-state index contributed by atoms with van der Waals surface area (Å²) in [7, 11) is 0. The lowest BCUT2D eigenvalue weighted by molar-refractivity contribution is -0.132. The number of likely N-dealkylation sites (tertiary alicyclic amines) is 2. The molecule has 1 saturated carbocycles. The first-order chi connectivity index (χ1) is 10.2. The van der Waals surface area contributed by atoms with E-state index in [9.17, 15) is 9.59 Å². The van der Waals surface area contributed by atoms with Crippen molar-refractivity contribution in [3.05, 3.63) is 18.0 Å². The lowest BCUT2D eigenvalue weighted by atomic mass is 10.0. The zero-order valence-corrected chi connectivity index (χ0v) is 12.0. The molecule has 6 nitrogen and oxygen atoms in total. The Bertz CT molecular complexity index is 565. The third kappa shape index (κ3) is 2.04. The molecule has 3 aliphatic rings. The summed E-state index contributed by atoms with van der Waals surface area (Å²) in [4.78, 5) is 28.5. The maximum atomic E-state index is 12.5. The second-order valence-electron chi connectivity index (χ2n) is 6.50. The van der Waals surface area contributed by atoms with E-state index in [1.807, 2.05) is 4.90 Å². The van der Waals surface area contributed by atoms with Gasteiger partial charge in [-0.15, -0.1) is 0 Å². The summed E-state index contributed by atoms with van der Waals surface area (Å²) in [5, 5.41) is 3.58. The molecule has 3 heterocycles. The van der Waals surface area contributed by atoms with Crippen LogP contribution in [-0.4, -0.2) is 52.9 Å². The molecule has 2 amide bonds. The Kier molecular flexibility index (Phi) is 2.80. The van der Waals surface area contributed by atoms with Crippen molar-refractivity contribution in [3.63, 3.8) is 0 Å². The van der Waals surface area contributed by atoms with E-state index in [0.29, 0.717) is 19.0 Å². The van der Waals surface area contributed by atoms with Gasteiger partial charge in [-0.3, -0.25) is 9.59 Å². The van der Waals surface area contributed by atoms with Gasteiger partial charge >= 0.3 is 0 Å². The Morgan fingerprint density at radius 2 is 2.05 bits per heavy atom. The van der Waals surface area contributed by atoms with Gasteiger partial charge in [-0.25, -0.2) is 0 Å². The molecule has 2 saturated heterocycles. The van der Waals surface area contributed by atoms with Gasteiger partial charge in [-0.2, -0.15) is 0 Å². The van der Waals surface area contributed by atoms with Crippen molar-refractivity contribution < 1.29 is 14.1 Å². The fourth-order valence-corrected chi connectivity index (χ4v) is 3.86. The number of rotatable bonds is 2. The van der Waals surface area contributed by atoms with Crippen molar-refractivity contribution in [1.29, 1.82) is 0 Å². The van der Waals surface area contributed by atoms with Gasteiger partial charge in [-0.1, -0.05) is 5.16 Å². The zero-order chi connectivity index (χ0) is 14.4. The Hall–Kier alpha value is -1.85. The maximum absolute atomic E-state index is 12.5. The van der Waals surface area contributed by atoms with Crippen LogP contribution in [0, 0.1) is 11.3 Å². The van der Waals surface area contributed by atoms with Crippen molar-refractivity contribution in [2.24, 2.45) is 11.3 Å². The van der Waals surface area contributed by atoms with Crippen molar-refractivity contribution in [2.45, 2.75) is 25.7 Å². The quantitative estimate of drug-likeness (QED) is 0.819. The van der Waals surface area contributed by atoms with Crippen LogP contribution < -0.4 is 0 Å². The minimum atomic E-state index is -0.108. The summed E-state index contributed by atoms with van der Waals surface area (Å²) in [5.41, 5.74) is 0.0371. The molecule has 1 aromatic rings. The van der Waals surface area contributed by atoms with E-state index in [4.69, 9.17) is 4.52 Å². The first-order valence-electron chi connectivity index (χ1n) is 7.68. The molecule has 0 radical (unpaired) electrons. The number of carbonyl (C=O) groups excluding carboxylic acids is 2. The average Bonchev–Trinajstić information content (AvgIpc) is 3.03. The van der Waals surface area contributed by atoms with E-state index in [-0.39, 0.29) is 23.0 Å². The van der Waals surface area contributed by atoms with Crippen LogP contribution >= 0.6 is 0 Å². The van der Waals surface area contributed by atoms with Crippen LogP contribution in [0.2, 0.25) is 0 Å². The third-order valence-corrected chi connectivity index (χ3v) is 5.23. The minimum Gasteiger partial charge on any atom is -0.351 e. The van der Waals surface area contributed by atoms with Gasteiger partial charge in [0.05, 0.1) is 6.20 Å². The largest absolute Gasteiger partial charge is 0.351 e. The standard InChI is InChI=1S/C15H19N3O3/c19-13(17-6-1-2-7-17)11-9-15(11)4-8-18(10-15)14(20)12-3-5-16-21-12/h3,5,11H,1-2,4,6-10H2. The van der Waals surface area contributed by atoms with E-state index in [1.54, 1.807) is 11.0 Å². The Morgan fingerprint density at radius 3 is 2.76 bits per heavy atom. The van der Waals surface area contributed by atoms with Crippen LogP contribution in [0.15, 0.2) is 16.8 Å². The van der Waals surface area contributed by atoms with Gasteiger partial charge < -0.3 is 14.3 Å². The highest BCUT2D eigenvalue weighted by Gasteiger charge is 2.62. The number of hydrogen-bond acceptors (Lipinski definition) is 4. The Morgan fingerprint density at radius 1 is 1.24 bits per heavy atom. The minimum absolute atomic E-state index is 0.0371. The predicted molar refractivity (Wildman–Crippen MR) is 73.4 cm³/mol. The molecule has 0 N–H and O–H groups in total. The normalized spacial score (nSPS) is 31.1. The van der Waals surface area contributed by atoms with Gasteiger partial charge in [0.2, 0.25) is 11.7 Å². The molecule has 2 aliphatic heterocycles. The van der Waals surface area contributed by atoms with Gasteiger partial charge in [0.15, 0.2) is 0 Å². The average molecular weight is 289 g/mol. The van der Waals surface area contributed by atoms with Gasteiger partial charge in [-0.05, 0) is 25.7 Å². The SMILES string of the molecule is O=C(c1ccno1)N1CCC2(CC2C(=O)N2CCCC2)C1. The first kappa shape index (κ1) is 12.9. The molecule has 112 valence electrons. The molecular formula is C15H19N3O3. The van der Waals surface area contributed by atoms with Crippen LogP contribution in [0.1, 0.15) is 36.2 Å². The van der Waals surface area contributed by atoms with Crippen molar-refractivity contribution in [2.75, 3.05) is 26.2 Å². The van der Waals surface area contributed by atoms with E-state index in [1.165, 1.54) is 6.20 Å². The second kappa shape index (κ2) is 4.58. The van der Waals surface area contributed by atoms with Crippen LogP contribution in [0.4, 0.5) is 0 Å². The molecule has 1 aliphatic carbocycles. The Labute approximate surface area is 123 Å². The maximum Gasteiger partial charge on any atom is 0.292 e. The van der Waals surface area contributed by atoms with E-state index in [2.05, 4.69) is 5.16 Å². The second-order valence-corrected chi connectivity index (χ2v) is 6.50. The highest BCUT2D eigenvalue weighted by Crippen LogP contribution is 2.59. The molecule has 2 atom stereocenters. The summed E-state index contributed by atoms with van der Waals surface area (Å²) in [6, 6.07) is 1.59.